The largest absolute Gasteiger partial charge is 0.293 e. The lowest BCUT2D eigenvalue weighted by molar-refractivity contribution is 0.0936. The second kappa shape index (κ2) is 6.55. The van der Waals surface area contributed by atoms with E-state index in [-0.39, 0.29) is 11.7 Å². The summed E-state index contributed by atoms with van der Waals surface area (Å²) in [5.41, 5.74) is 2.07. The molecule has 0 saturated heterocycles. The van der Waals surface area contributed by atoms with Gasteiger partial charge in [-0.05, 0) is 30.0 Å². The van der Waals surface area contributed by atoms with E-state index >= 15 is 0 Å². The van der Waals surface area contributed by atoms with E-state index in [0.29, 0.717) is 10.3 Å². The van der Waals surface area contributed by atoms with Gasteiger partial charge in [0.2, 0.25) is 0 Å². The maximum atomic E-state index is 12.9. The Morgan fingerprint density at radius 3 is 2.45 bits per heavy atom. The van der Waals surface area contributed by atoms with Crippen LogP contribution in [0.4, 0.5) is 0 Å². The molecule has 0 N–H and O–H groups in total. The van der Waals surface area contributed by atoms with Gasteiger partial charge in [-0.3, -0.25) is 4.79 Å². The number of carbonyl (C=O) groups is 1. The average molecular weight is 307 g/mol. The fourth-order valence-corrected chi connectivity index (χ4v) is 3.55. The summed E-state index contributed by atoms with van der Waals surface area (Å²) in [5.74, 6) is 0.409. The van der Waals surface area contributed by atoms with Crippen LogP contribution in [-0.4, -0.2) is 5.78 Å². The molecule has 0 aliphatic heterocycles. The third-order valence-corrected chi connectivity index (χ3v) is 5.32. The summed E-state index contributed by atoms with van der Waals surface area (Å²) in [6.45, 7) is 6.20. The lowest BCUT2D eigenvalue weighted by Gasteiger charge is -2.21. The van der Waals surface area contributed by atoms with Gasteiger partial charge in [-0.15, -0.1) is 11.3 Å². The Bertz CT molecular complexity index is 569. The second-order valence-corrected chi connectivity index (χ2v) is 6.86. The van der Waals surface area contributed by atoms with Crippen molar-refractivity contribution >= 4 is 28.7 Å². The fourth-order valence-electron chi connectivity index (χ4n) is 2.37. The molecule has 1 aromatic carbocycles. The lowest BCUT2D eigenvalue weighted by Crippen LogP contribution is -2.19. The zero-order chi connectivity index (χ0) is 14.7. The van der Waals surface area contributed by atoms with Crippen LogP contribution in [0.5, 0.6) is 0 Å². The van der Waals surface area contributed by atoms with Gasteiger partial charge in [-0.25, -0.2) is 0 Å². The molecule has 2 aromatic rings. The molecular formula is C17H19ClOS. The van der Waals surface area contributed by atoms with E-state index in [4.69, 9.17) is 11.6 Å². The quantitative estimate of drug-likeness (QED) is 0.645. The normalized spacial score (nSPS) is 14.0. The van der Waals surface area contributed by atoms with E-state index in [1.165, 1.54) is 11.3 Å². The van der Waals surface area contributed by atoms with Crippen molar-refractivity contribution in [2.24, 2.45) is 5.92 Å². The number of aryl methyl sites for hydroxylation is 1. The summed E-state index contributed by atoms with van der Waals surface area (Å²) in [5, 5.41) is 0. The van der Waals surface area contributed by atoms with Crippen molar-refractivity contribution in [2.75, 3.05) is 0 Å². The van der Waals surface area contributed by atoms with Crippen molar-refractivity contribution in [2.45, 2.75) is 33.1 Å². The molecule has 0 amide bonds. The van der Waals surface area contributed by atoms with E-state index in [2.05, 4.69) is 13.8 Å². The Kier molecular flexibility index (Phi) is 5.00. The molecule has 0 bridgehead atoms. The first-order chi connectivity index (χ1) is 9.54. The fraction of sp³-hybridized carbons (Fsp3) is 0.353. The molecule has 0 aliphatic rings. The number of benzene rings is 1. The Balaban J connectivity index is 2.39. The van der Waals surface area contributed by atoms with Gasteiger partial charge < -0.3 is 0 Å². The number of halogens is 1. The molecule has 1 nitrogen and oxygen atoms in total. The summed E-state index contributed by atoms with van der Waals surface area (Å²) in [4.78, 5) is 13.6. The number of thiophene rings is 1. The summed E-state index contributed by atoms with van der Waals surface area (Å²) in [6.07, 6.45) is 0.976. The molecule has 0 spiro atoms. The van der Waals surface area contributed by atoms with Crippen LogP contribution in [0.15, 0.2) is 36.4 Å². The van der Waals surface area contributed by atoms with Crippen molar-refractivity contribution in [3.8, 4) is 0 Å². The number of carbonyl (C=O) groups excluding carboxylic acids is 1. The number of hydrogen-bond donors (Lipinski definition) is 0. The highest BCUT2D eigenvalue weighted by molar-refractivity contribution is 7.18. The van der Waals surface area contributed by atoms with Gasteiger partial charge in [0.1, 0.15) is 0 Å². The van der Waals surface area contributed by atoms with Crippen LogP contribution in [0.25, 0.3) is 0 Å². The van der Waals surface area contributed by atoms with Crippen LogP contribution in [0.3, 0.4) is 0 Å². The molecule has 0 saturated carbocycles. The van der Waals surface area contributed by atoms with Crippen molar-refractivity contribution in [1.29, 1.82) is 0 Å². The van der Waals surface area contributed by atoms with Gasteiger partial charge in [0.25, 0.3) is 0 Å². The Labute approximate surface area is 129 Å². The predicted octanol–water partition coefficient (Wildman–Crippen LogP) is 5.72. The Morgan fingerprint density at radius 2 is 1.95 bits per heavy atom. The van der Waals surface area contributed by atoms with Crippen LogP contribution < -0.4 is 0 Å². The van der Waals surface area contributed by atoms with E-state index in [1.807, 2.05) is 43.3 Å². The van der Waals surface area contributed by atoms with E-state index in [9.17, 15) is 4.79 Å². The van der Waals surface area contributed by atoms with E-state index in [1.54, 1.807) is 0 Å². The minimum atomic E-state index is -0.0877. The molecule has 20 heavy (non-hydrogen) atoms. The van der Waals surface area contributed by atoms with Crippen LogP contribution in [0.1, 0.15) is 47.0 Å². The highest BCUT2D eigenvalue weighted by atomic mass is 35.5. The zero-order valence-corrected chi connectivity index (χ0v) is 13.6. The third-order valence-electron chi connectivity index (χ3n) is 3.75. The van der Waals surface area contributed by atoms with Gasteiger partial charge in [0, 0.05) is 0 Å². The molecular weight excluding hydrogens is 288 g/mol. The smallest absolute Gasteiger partial charge is 0.180 e. The highest BCUT2D eigenvalue weighted by Crippen LogP contribution is 2.35. The van der Waals surface area contributed by atoms with Crippen LogP contribution in [0, 0.1) is 12.8 Å². The summed E-state index contributed by atoms with van der Waals surface area (Å²) in [6, 6.07) is 11.9. The van der Waals surface area contributed by atoms with Crippen LogP contribution in [-0.2, 0) is 0 Å². The first-order valence-electron chi connectivity index (χ1n) is 6.89. The number of ketones is 1. The average Bonchev–Trinajstić information content (AvgIpc) is 2.80. The zero-order valence-electron chi connectivity index (χ0n) is 12.0. The van der Waals surface area contributed by atoms with Crippen LogP contribution >= 0.6 is 22.9 Å². The van der Waals surface area contributed by atoms with Gasteiger partial charge in [0.15, 0.2) is 5.78 Å². The molecule has 3 heteroatoms. The molecule has 2 unspecified atom stereocenters. The standard InChI is InChI=1S/C17H19ClOS/c1-4-11(2)15(13-8-6-5-7-9-13)16(19)14-10-12(3)17(18)20-14/h5-11,15H,4H2,1-3H3. The first kappa shape index (κ1) is 15.3. The van der Waals surface area contributed by atoms with E-state index < -0.39 is 0 Å². The molecule has 0 radical (unpaired) electrons. The topological polar surface area (TPSA) is 17.1 Å². The SMILES string of the molecule is CCC(C)C(C(=O)c1cc(C)c(Cl)s1)c1ccccc1. The summed E-state index contributed by atoms with van der Waals surface area (Å²) >= 11 is 7.49. The highest BCUT2D eigenvalue weighted by Gasteiger charge is 2.28. The van der Waals surface area contributed by atoms with Crippen molar-refractivity contribution < 1.29 is 4.79 Å². The third kappa shape index (κ3) is 3.13. The van der Waals surface area contributed by atoms with Crippen molar-refractivity contribution in [3.63, 3.8) is 0 Å². The van der Waals surface area contributed by atoms with Gasteiger partial charge in [-0.2, -0.15) is 0 Å². The molecule has 2 rings (SSSR count). The van der Waals surface area contributed by atoms with Crippen molar-refractivity contribution in [1.82, 2.24) is 0 Å². The molecule has 0 fully saturated rings. The number of hydrogen-bond acceptors (Lipinski definition) is 2. The number of Topliss-reactive ketones (excluding diaryl/α,β-unsaturated/α-hetero) is 1. The number of rotatable bonds is 5. The lowest BCUT2D eigenvalue weighted by atomic mass is 9.82. The van der Waals surface area contributed by atoms with Gasteiger partial charge >= 0.3 is 0 Å². The molecule has 106 valence electrons. The van der Waals surface area contributed by atoms with Crippen LogP contribution in [0.2, 0.25) is 4.34 Å². The van der Waals surface area contributed by atoms with Crippen molar-refractivity contribution in [3.05, 3.63) is 56.7 Å². The Hall–Kier alpha value is -1.12. The Morgan fingerprint density at radius 1 is 1.30 bits per heavy atom. The molecule has 1 aromatic heterocycles. The molecule has 2 atom stereocenters. The van der Waals surface area contributed by atoms with Gasteiger partial charge in [-0.1, -0.05) is 62.2 Å². The first-order valence-corrected chi connectivity index (χ1v) is 8.09. The minimum absolute atomic E-state index is 0.0877. The second-order valence-electron chi connectivity index (χ2n) is 5.21. The summed E-state index contributed by atoms with van der Waals surface area (Å²) in [7, 11) is 0. The monoisotopic (exact) mass is 306 g/mol. The molecule has 1 heterocycles. The van der Waals surface area contributed by atoms with E-state index in [0.717, 1.165) is 22.4 Å². The summed E-state index contributed by atoms with van der Waals surface area (Å²) < 4.78 is 0.712. The minimum Gasteiger partial charge on any atom is -0.293 e. The molecule has 0 aliphatic carbocycles. The predicted molar refractivity (Wildman–Crippen MR) is 87.0 cm³/mol. The maximum Gasteiger partial charge on any atom is 0.180 e. The van der Waals surface area contributed by atoms with Gasteiger partial charge in [0.05, 0.1) is 15.1 Å². The maximum absolute atomic E-state index is 12.9.